The van der Waals surface area contributed by atoms with Gasteiger partial charge in [-0.15, -0.1) is 0 Å². The molecule has 0 saturated heterocycles. The van der Waals surface area contributed by atoms with E-state index in [2.05, 4.69) is 5.32 Å². The average Bonchev–Trinajstić information content (AvgIpc) is 2.31. The summed E-state index contributed by atoms with van der Waals surface area (Å²) in [5.74, 6) is -1.71. The fraction of sp³-hybridized carbons (Fsp3) is 0. The summed E-state index contributed by atoms with van der Waals surface area (Å²) in [6.07, 6.45) is 0. The molecule has 0 saturated carbocycles. The second-order valence-electron chi connectivity index (χ2n) is 3.85. The van der Waals surface area contributed by atoms with Gasteiger partial charge in [-0.1, -0.05) is 11.6 Å². The van der Waals surface area contributed by atoms with E-state index in [4.69, 9.17) is 17.3 Å². The van der Waals surface area contributed by atoms with Gasteiger partial charge in [-0.3, -0.25) is 4.79 Å². The summed E-state index contributed by atoms with van der Waals surface area (Å²) in [5, 5.41) is 2.61. The Balaban J connectivity index is 2.22. The lowest BCUT2D eigenvalue weighted by Crippen LogP contribution is -2.12. The highest BCUT2D eigenvalue weighted by Gasteiger charge is 2.09. The largest absolute Gasteiger partial charge is 0.396 e. The number of carbonyl (C=O) groups is 1. The van der Waals surface area contributed by atoms with E-state index in [0.29, 0.717) is 0 Å². The Morgan fingerprint density at radius 2 is 1.89 bits per heavy atom. The van der Waals surface area contributed by atoms with E-state index in [9.17, 15) is 13.6 Å². The van der Waals surface area contributed by atoms with Crippen molar-refractivity contribution in [3.05, 3.63) is 58.6 Å². The Labute approximate surface area is 113 Å². The van der Waals surface area contributed by atoms with Crippen molar-refractivity contribution in [1.82, 2.24) is 0 Å². The molecule has 6 heteroatoms. The summed E-state index contributed by atoms with van der Waals surface area (Å²) in [6.45, 7) is 0. The van der Waals surface area contributed by atoms with Crippen LogP contribution in [0.1, 0.15) is 10.4 Å². The van der Waals surface area contributed by atoms with Gasteiger partial charge in [-0.05, 0) is 36.4 Å². The van der Waals surface area contributed by atoms with E-state index in [1.54, 1.807) is 0 Å². The van der Waals surface area contributed by atoms with Gasteiger partial charge in [0.1, 0.15) is 11.6 Å². The summed E-state index contributed by atoms with van der Waals surface area (Å²) < 4.78 is 26.1. The van der Waals surface area contributed by atoms with Gasteiger partial charge >= 0.3 is 0 Å². The highest BCUT2D eigenvalue weighted by molar-refractivity contribution is 6.31. The topological polar surface area (TPSA) is 55.1 Å². The lowest BCUT2D eigenvalue weighted by Gasteiger charge is -2.07. The number of hydrogen-bond donors (Lipinski definition) is 2. The SMILES string of the molecule is Nc1cc(C(=O)Nc2cc(F)cc(Cl)c2)ccc1F. The molecule has 0 fully saturated rings. The lowest BCUT2D eigenvalue weighted by atomic mass is 10.1. The molecule has 3 N–H and O–H groups in total. The third-order valence-electron chi connectivity index (χ3n) is 2.38. The second kappa shape index (κ2) is 5.24. The van der Waals surface area contributed by atoms with Crippen molar-refractivity contribution < 1.29 is 13.6 Å². The van der Waals surface area contributed by atoms with Crippen LogP contribution in [0, 0.1) is 11.6 Å². The van der Waals surface area contributed by atoms with Crippen molar-refractivity contribution >= 4 is 28.9 Å². The highest BCUT2D eigenvalue weighted by Crippen LogP contribution is 2.19. The van der Waals surface area contributed by atoms with Gasteiger partial charge in [0.15, 0.2) is 0 Å². The van der Waals surface area contributed by atoms with Crippen LogP contribution in [-0.2, 0) is 0 Å². The third-order valence-corrected chi connectivity index (χ3v) is 2.60. The van der Waals surface area contributed by atoms with Crippen LogP contribution >= 0.6 is 11.6 Å². The number of hydrogen-bond acceptors (Lipinski definition) is 2. The zero-order valence-electron chi connectivity index (χ0n) is 9.58. The first kappa shape index (κ1) is 13.3. The Morgan fingerprint density at radius 3 is 2.53 bits per heavy atom. The molecule has 0 aliphatic carbocycles. The molecule has 0 unspecified atom stereocenters. The predicted octanol–water partition coefficient (Wildman–Crippen LogP) is 3.45. The zero-order valence-corrected chi connectivity index (χ0v) is 10.3. The van der Waals surface area contributed by atoms with Crippen molar-refractivity contribution in [2.75, 3.05) is 11.1 Å². The van der Waals surface area contributed by atoms with E-state index in [1.807, 2.05) is 0 Å². The highest BCUT2D eigenvalue weighted by atomic mass is 35.5. The minimum atomic E-state index is -0.606. The van der Waals surface area contributed by atoms with Gasteiger partial charge in [-0.25, -0.2) is 8.78 Å². The molecule has 2 aromatic carbocycles. The van der Waals surface area contributed by atoms with Crippen LogP contribution in [0.25, 0.3) is 0 Å². The van der Waals surface area contributed by atoms with E-state index in [1.165, 1.54) is 18.2 Å². The van der Waals surface area contributed by atoms with Crippen LogP contribution in [0.2, 0.25) is 5.02 Å². The first-order valence-electron chi connectivity index (χ1n) is 5.28. The van der Waals surface area contributed by atoms with Gasteiger partial charge in [0.25, 0.3) is 5.91 Å². The first-order valence-corrected chi connectivity index (χ1v) is 5.66. The molecule has 0 spiro atoms. The molecule has 3 nitrogen and oxygen atoms in total. The van der Waals surface area contributed by atoms with Crippen LogP contribution in [0.5, 0.6) is 0 Å². The summed E-state index contributed by atoms with van der Waals surface area (Å²) >= 11 is 5.66. The number of amides is 1. The maximum absolute atomic E-state index is 13.1. The van der Waals surface area contributed by atoms with E-state index in [0.717, 1.165) is 18.2 Å². The molecule has 0 aromatic heterocycles. The Kier molecular flexibility index (Phi) is 3.66. The number of halogens is 3. The first-order chi connectivity index (χ1) is 8.95. The number of nitrogens with one attached hydrogen (secondary N) is 1. The van der Waals surface area contributed by atoms with Crippen LogP contribution < -0.4 is 11.1 Å². The Hall–Kier alpha value is -2.14. The van der Waals surface area contributed by atoms with Crippen LogP contribution in [0.3, 0.4) is 0 Å². The van der Waals surface area contributed by atoms with Crippen LogP contribution in [0.15, 0.2) is 36.4 Å². The Bertz CT molecular complexity index is 626. The van der Waals surface area contributed by atoms with Crippen molar-refractivity contribution in [2.45, 2.75) is 0 Å². The summed E-state index contributed by atoms with van der Waals surface area (Å²) in [7, 11) is 0. The van der Waals surface area contributed by atoms with E-state index < -0.39 is 17.5 Å². The molecule has 0 atom stereocenters. The number of benzene rings is 2. The molecule has 1 amide bonds. The van der Waals surface area contributed by atoms with Crippen molar-refractivity contribution in [1.29, 1.82) is 0 Å². The van der Waals surface area contributed by atoms with Crippen LogP contribution in [0.4, 0.5) is 20.2 Å². The molecule has 0 bridgehead atoms. The zero-order chi connectivity index (χ0) is 14.0. The quantitative estimate of drug-likeness (QED) is 0.829. The molecule has 2 rings (SSSR count). The smallest absolute Gasteiger partial charge is 0.255 e. The second-order valence-corrected chi connectivity index (χ2v) is 4.28. The van der Waals surface area contributed by atoms with Crippen molar-refractivity contribution in [3.8, 4) is 0 Å². The lowest BCUT2D eigenvalue weighted by molar-refractivity contribution is 0.102. The molecule has 19 heavy (non-hydrogen) atoms. The third kappa shape index (κ3) is 3.20. The van der Waals surface area contributed by atoms with Gasteiger partial charge in [0, 0.05) is 16.3 Å². The summed E-state index contributed by atoms with van der Waals surface area (Å²) in [5.41, 5.74) is 5.60. The molecule has 2 aromatic rings. The van der Waals surface area contributed by atoms with Gasteiger partial charge in [0.2, 0.25) is 0 Å². The van der Waals surface area contributed by atoms with Crippen molar-refractivity contribution in [2.24, 2.45) is 0 Å². The minimum absolute atomic E-state index is 0.134. The number of carbonyl (C=O) groups excluding carboxylic acids is 1. The number of nitrogens with two attached hydrogens (primary N) is 1. The summed E-state index contributed by atoms with van der Waals surface area (Å²) in [4.78, 5) is 11.8. The molecule has 0 radical (unpaired) electrons. The molecule has 0 aliphatic heterocycles. The average molecular weight is 283 g/mol. The molecular formula is C13H9ClF2N2O. The molecular weight excluding hydrogens is 274 g/mol. The van der Waals surface area contributed by atoms with Crippen molar-refractivity contribution in [3.63, 3.8) is 0 Å². The molecule has 0 heterocycles. The van der Waals surface area contributed by atoms with Gasteiger partial charge in [-0.2, -0.15) is 0 Å². The van der Waals surface area contributed by atoms with E-state index >= 15 is 0 Å². The Morgan fingerprint density at radius 1 is 1.16 bits per heavy atom. The standard InChI is InChI=1S/C13H9ClF2N2O/c14-8-4-9(15)6-10(5-8)18-13(19)7-1-2-11(16)12(17)3-7/h1-6H,17H2,(H,18,19). The monoisotopic (exact) mass is 282 g/mol. The number of nitrogen functional groups attached to an aromatic ring is 1. The van der Waals surface area contributed by atoms with Gasteiger partial charge in [0.05, 0.1) is 5.69 Å². The normalized spacial score (nSPS) is 10.3. The molecule has 98 valence electrons. The maximum atomic E-state index is 13.1. The number of rotatable bonds is 2. The van der Waals surface area contributed by atoms with Crippen LogP contribution in [-0.4, -0.2) is 5.91 Å². The van der Waals surface area contributed by atoms with E-state index in [-0.39, 0.29) is 22.0 Å². The maximum Gasteiger partial charge on any atom is 0.255 e. The fourth-order valence-electron chi connectivity index (χ4n) is 1.51. The fourth-order valence-corrected chi connectivity index (χ4v) is 1.74. The minimum Gasteiger partial charge on any atom is -0.396 e. The number of anilines is 2. The van der Waals surface area contributed by atoms with Gasteiger partial charge < -0.3 is 11.1 Å². The molecule has 0 aliphatic rings. The summed E-state index contributed by atoms with van der Waals surface area (Å²) in [6, 6.07) is 7.20. The predicted molar refractivity (Wildman–Crippen MR) is 70.2 cm³/mol.